The third-order valence-corrected chi connectivity index (χ3v) is 5.50. The molecule has 0 fully saturated rings. The van der Waals surface area contributed by atoms with Crippen molar-refractivity contribution in [1.29, 1.82) is 0 Å². The molecular weight excluding hydrogens is 486 g/mol. The summed E-state index contributed by atoms with van der Waals surface area (Å²) in [7, 11) is 0. The van der Waals surface area contributed by atoms with Crippen LogP contribution in [0.2, 0.25) is 0 Å². The average Bonchev–Trinajstić information content (AvgIpc) is 2.66. The van der Waals surface area contributed by atoms with E-state index in [9.17, 15) is 5.11 Å². The van der Waals surface area contributed by atoms with Crippen LogP contribution in [0.1, 0.15) is 31.9 Å². The van der Waals surface area contributed by atoms with E-state index in [-0.39, 0.29) is 17.2 Å². The summed E-state index contributed by atoms with van der Waals surface area (Å²) in [6.07, 6.45) is 2.37. The molecule has 0 bridgehead atoms. The summed E-state index contributed by atoms with van der Waals surface area (Å²) in [4.78, 5) is 4.23. The van der Waals surface area contributed by atoms with Gasteiger partial charge in [0.1, 0.15) is 11.4 Å². The zero-order valence-corrected chi connectivity index (χ0v) is 19.1. The quantitative estimate of drug-likeness (QED) is 0.481. The summed E-state index contributed by atoms with van der Waals surface area (Å²) in [5.41, 5.74) is 4.04. The van der Waals surface area contributed by atoms with Gasteiger partial charge in [0.25, 0.3) is 0 Å². The van der Waals surface area contributed by atoms with E-state index in [1.54, 1.807) is 18.3 Å². The molecule has 0 unspecified atom stereocenters. The number of phenolic OH excluding ortho intramolecular Hbond substituents is 1. The van der Waals surface area contributed by atoms with Gasteiger partial charge in [-0.2, -0.15) is 0 Å². The molecule has 0 aliphatic heterocycles. The van der Waals surface area contributed by atoms with Crippen molar-refractivity contribution >= 4 is 31.9 Å². The highest BCUT2D eigenvalue weighted by Gasteiger charge is 2.13. The monoisotopic (exact) mass is 505 g/mol. The number of aromatic nitrogens is 3. The van der Waals surface area contributed by atoms with Crippen LogP contribution in [0.3, 0.4) is 0 Å². The van der Waals surface area contributed by atoms with E-state index in [1.165, 1.54) is 11.1 Å². The Hall–Kier alpha value is -1.99. The SMILES string of the molecule is CC(C)(C)c1ccc(CCOc2ncc(-c3cc(Br)c(O)c(Br)c3)nn2)cc1. The number of aromatic hydroxyl groups is 1. The minimum atomic E-state index is 0.139. The van der Waals surface area contributed by atoms with Gasteiger partial charge in [0.2, 0.25) is 0 Å². The Kier molecular flexibility index (Phi) is 6.35. The topological polar surface area (TPSA) is 68.1 Å². The van der Waals surface area contributed by atoms with Crippen molar-refractivity contribution in [2.45, 2.75) is 32.6 Å². The molecule has 1 N–H and O–H groups in total. The second-order valence-corrected chi connectivity index (χ2v) is 9.17. The Morgan fingerprint density at radius 1 is 1.00 bits per heavy atom. The van der Waals surface area contributed by atoms with Gasteiger partial charge < -0.3 is 9.84 Å². The minimum Gasteiger partial charge on any atom is -0.506 e. The van der Waals surface area contributed by atoms with Crippen LogP contribution in [0.4, 0.5) is 0 Å². The van der Waals surface area contributed by atoms with Gasteiger partial charge in [-0.15, -0.1) is 5.10 Å². The van der Waals surface area contributed by atoms with Gasteiger partial charge in [0.05, 0.1) is 21.7 Å². The molecule has 0 aliphatic carbocycles. The molecule has 7 heteroatoms. The number of rotatable bonds is 5. The maximum Gasteiger partial charge on any atom is 0.335 e. The maximum atomic E-state index is 9.80. The second kappa shape index (κ2) is 8.57. The molecule has 0 aliphatic rings. The lowest BCUT2D eigenvalue weighted by Crippen LogP contribution is -2.11. The van der Waals surface area contributed by atoms with E-state index < -0.39 is 0 Å². The van der Waals surface area contributed by atoms with E-state index in [1.807, 2.05) is 0 Å². The number of ether oxygens (including phenoxy) is 1. The number of hydrogen-bond donors (Lipinski definition) is 1. The molecule has 0 atom stereocenters. The lowest BCUT2D eigenvalue weighted by atomic mass is 9.86. The first-order valence-electron chi connectivity index (χ1n) is 8.84. The zero-order valence-electron chi connectivity index (χ0n) is 15.9. The van der Waals surface area contributed by atoms with E-state index in [0.717, 1.165) is 12.0 Å². The molecule has 3 rings (SSSR count). The minimum absolute atomic E-state index is 0.139. The molecule has 1 heterocycles. The first-order valence-corrected chi connectivity index (χ1v) is 10.4. The van der Waals surface area contributed by atoms with Gasteiger partial charge in [-0.05, 0) is 60.5 Å². The highest BCUT2D eigenvalue weighted by molar-refractivity contribution is 9.11. The Labute approximate surface area is 181 Å². The zero-order chi connectivity index (χ0) is 20.3. The van der Waals surface area contributed by atoms with Crippen LogP contribution in [0.5, 0.6) is 11.8 Å². The molecule has 0 amide bonds. The van der Waals surface area contributed by atoms with Gasteiger partial charge in [0, 0.05) is 12.0 Å². The Balaban J connectivity index is 1.59. The lowest BCUT2D eigenvalue weighted by Gasteiger charge is -2.19. The molecule has 0 saturated heterocycles. The Morgan fingerprint density at radius 2 is 1.64 bits per heavy atom. The molecule has 1 aromatic heterocycles. The fourth-order valence-corrected chi connectivity index (χ4v) is 3.79. The first-order chi connectivity index (χ1) is 13.2. The Bertz CT molecular complexity index is 930. The van der Waals surface area contributed by atoms with Crippen molar-refractivity contribution in [3.8, 4) is 23.0 Å². The average molecular weight is 507 g/mol. The van der Waals surface area contributed by atoms with Crippen molar-refractivity contribution in [2.24, 2.45) is 0 Å². The fourth-order valence-electron chi connectivity index (χ4n) is 2.61. The third-order valence-electron chi connectivity index (χ3n) is 4.30. The molecule has 0 saturated carbocycles. The predicted molar refractivity (Wildman–Crippen MR) is 117 cm³/mol. The van der Waals surface area contributed by atoms with E-state index >= 15 is 0 Å². The number of halogens is 2. The number of nitrogens with zero attached hydrogens (tertiary/aromatic N) is 3. The molecule has 3 aromatic rings. The van der Waals surface area contributed by atoms with E-state index in [0.29, 0.717) is 21.2 Å². The van der Waals surface area contributed by atoms with Gasteiger partial charge >= 0.3 is 6.01 Å². The van der Waals surface area contributed by atoms with Crippen LogP contribution in [-0.2, 0) is 11.8 Å². The summed E-state index contributed by atoms with van der Waals surface area (Å²) in [6, 6.07) is 12.3. The van der Waals surface area contributed by atoms with E-state index in [2.05, 4.69) is 92.1 Å². The molecular formula is C21H21Br2N3O2. The first kappa shape index (κ1) is 20.7. The van der Waals surface area contributed by atoms with Gasteiger partial charge in [0.15, 0.2) is 0 Å². The highest BCUT2D eigenvalue weighted by atomic mass is 79.9. The maximum absolute atomic E-state index is 9.80. The largest absolute Gasteiger partial charge is 0.506 e. The van der Waals surface area contributed by atoms with Crippen LogP contribution in [0.25, 0.3) is 11.3 Å². The molecule has 2 aromatic carbocycles. The third kappa shape index (κ3) is 5.08. The predicted octanol–water partition coefficient (Wildman–Crippen LogP) is 5.69. The standard InChI is InChI=1S/C21H21Br2N3O2/c1-21(2,3)15-6-4-13(5-7-15)8-9-28-20-24-12-18(25-26-20)14-10-16(22)19(27)17(23)11-14/h4-7,10-12,27H,8-9H2,1-3H3. The number of benzene rings is 2. The molecule has 0 radical (unpaired) electrons. The summed E-state index contributed by atoms with van der Waals surface area (Å²) >= 11 is 6.61. The summed E-state index contributed by atoms with van der Waals surface area (Å²) < 4.78 is 6.75. The van der Waals surface area contributed by atoms with E-state index in [4.69, 9.17) is 4.74 Å². The second-order valence-electron chi connectivity index (χ2n) is 7.46. The fraction of sp³-hybridized carbons (Fsp3) is 0.286. The number of phenols is 1. The van der Waals surface area contributed by atoms with Crippen LogP contribution in [0, 0.1) is 0 Å². The van der Waals surface area contributed by atoms with Crippen LogP contribution in [0.15, 0.2) is 51.5 Å². The molecule has 0 spiro atoms. The smallest absolute Gasteiger partial charge is 0.335 e. The van der Waals surface area contributed by atoms with Crippen molar-refractivity contribution in [3.05, 3.63) is 62.7 Å². The summed E-state index contributed by atoms with van der Waals surface area (Å²) in [5, 5.41) is 18.0. The molecule has 146 valence electrons. The van der Waals surface area contributed by atoms with Crippen LogP contribution < -0.4 is 4.74 Å². The lowest BCUT2D eigenvalue weighted by molar-refractivity contribution is 0.292. The Morgan fingerprint density at radius 3 is 2.18 bits per heavy atom. The van der Waals surface area contributed by atoms with Crippen molar-refractivity contribution < 1.29 is 9.84 Å². The van der Waals surface area contributed by atoms with Crippen molar-refractivity contribution in [1.82, 2.24) is 15.2 Å². The van der Waals surface area contributed by atoms with Crippen LogP contribution in [-0.4, -0.2) is 26.9 Å². The normalized spacial score (nSPS) is 11.5. The van der Waals surface area contributed by atoms with Crippen molar-refractivity contribution in [2.75, 3.05) is 6.61 Å². The van der Waals surface area contributed by atoms with Crippen molar-refractivity contribution in [3.63, 3.8) is 0 Å². The van der Waals surface area contributed by atoms with Gasteiger partial charge in [-0.3, -0.25) is 0 Å². The van der Waals surface area contributed by atoms with Gasteiger partial charge in [-0.1, -0.05) is 50.1 Å². The molecule has 5 nitrogen and oxygen atoms in total. The number of hydrogen-bond acceptors (Lipinski definition) is 5. The molecule has 28 heavy (non-hydrogen) atoms. The summed E-state index contributed by atoms with van der Waals surface area (Å²) in [6.45, 7) is 7.09. The summed E-state index contributed by atoms with van der Waals surface area (Å²) in [5.74, 6) is 0.139. The van der Waals surface area contributed by atoms with Crippen LogP contribution >= 0.6 is 31.9 Å². The van der Waals surface area contributed by atoms with Gasteiger partial charge in [-0.25, -0.2) is 4.98 Å². The highest BCUT2D eigenvalue weighted by Crippen LogP contribution is 2.36.